The summed E-state index contributed by atoms with van der Waals surface area (Å²) in [5.41, 5.74) is 0. The zero-order chi connectivity index (χ0) is 20.6. The zero-order valence-corrected chi connectivity index (χ0v) is 17.4. The summed E-state index contributed by atoms with van der Waals surface area (Å²) in [5.74, 6) is -0.150. The Balaban J connectivity index is 1.45. The SMILES string of the molecule is O=C(CN1CC[C@H](O)C1)NC1CCN(S(=O)(=O)c2cccc3cncc(Cl)c23)C1. The Morgan fingerprint density at radius 1 is 1.24 bits per heavy atom. The third-order valence-electron chi connectivity index (χ3n) is 5.45. The summed E-state index contributed by atoms with van der Waals surface area (Å²) in [6.45, 7) is 1.95. The summed E-state index contributed by atoms with van der Waals surface area (Å²) in [7, 11) is -3.76. The van der Waals surface area contributed by atoms with Crippen LogP contribution in [0, 0.1) is 0 Å². The van der Waals surface area contributed by atoms with Crippen LogP contribution >= 0.6 is 11.6 Å². The number of benzene rings is 1. The normalized spacial score (nSPS) is 23.7. The van der Waals surface area contributed by atoms with Crippen molar-refractivity contribution in [3.05, 3.63) is 35.6 Å². The molecule has 8 nitrogen and oxygen atoms in total. The molecule has 29 heavy (non-hydrogen) atoms. The molecule has 2 aliphatic rings. The summed E-state index contributed by atoms with van der Waals surface area (Å²) in [5, 5.41) is 13.9. The number of rotatable bonds is 5. The Morgan fingerprint density at radius 3 is 2.83 bits per heavy atom. The van der Waals surface area contributed by atoms with Crippen LogP contribution < -0.4 is 5.32 Å². The fourth-order valence-electron chi connectivity index (χ4n) is 4.01. The molecule has 0 aliphatic carbocycles. The average molecular weight is 439 g/mol. The average Bonchev–Trinajstić information content (AvgIpc) is 3.31. The van der Waals surface area contributed by atoms with Gasteiger partial charge in [0.1, 0.15) is 0 Å². The quantitative estimate of drug-likeness (QED) is 0.717. The number of β-amino-alcohol motifs (C(OH)–C–C–N with tert-alkyl or cyclic N) is 1. The number of aromatic nitrogens is 1. The van der Waals surface area contributed by atoms with Gasteiger partial charge in [-0.3, -0.25) is 14.7 Å². The van der Waals surface area contributed by atoms with Gasteiger partial charge in [-0.2, -0.15) is 4.31 Å². The van der Waals surface area contributed by atoms with Gasteiger partial charge in [0.2, 0.25) is 15.9 Å². The van der Waals surface area contributed by atoms with E-state index in [1.807, 2.05) is 4.90 Å². The van der Waals surface area contributed by atoms with Gasteiger partial charge in [-0.1, -0.05) is 23.7 Å². The van der Waals surface area contributed by atoms with Crippen molar-refractivity contribution in [1.82, 2.24) is 19.5 Å². The van der Waals surface area contributed by atoms with Crippen LogP contribution in [0.4, 0.5) is 0 Å². The summed E-state index contributed by atoms with van der Waals surface area (Å²) in [4.78, 5) is 18.3. The second kappa shape index (κ2) is 8.16. The van der Waals surface area contributed by atoms with E-state index < -0.39 is 10.0 Å². The van der Waals surface area contributed by atoms with Crippen molar-refractivity contribution < 1.29 is 18.3 Å². The first-order chi connectivity index (χ1) is 13.8. The van der Waals surface area contributed by atoms with Crippen molar-refractivity contribution in [1.29, 1.82) is 0 Å². The standard InChI is InChI=1S/C19H23ClN4O4S/c20-16-9-21-8-13-2-1-3-17(19(13)16)29(27,28)24-7-4-14(10-24)22-18(26)12-23-6-5-15(25)11-23/h1-3,8-9,14-15,25H,4-7,10-12H2,(H,22,26)/t14?,15-/m0/s1. The smallest absolute Gasteiger partial charge is 0.243 e. The van der Waals surface area contributed by atoms with Crippen molar-refractivity contribution in [3.8, 4) is 0 Å². The molecule has 0 bridgehead atoms. The topological polar surface area (TPSA) is 103 Å². The Kier molecular flexibility index (Phi) is 5.76. The number of likely N-dealkylation sites (tertiary alicyclic amines) is 1. The van der Waals surface area contributed by atoms with Crippen molar-refractivity contribution in [3.63, 3.8) is 0 Å². The third-order valence-corrected chi connectivity index (χ3v) is 7.64. The van der Waals surface area contributed by atoms with Crippen LogP contribution in [0.2, 0.25) is 5.02 Å². The van der Waals surface area contributed by atoms with Crippen LogP contribution in [0.1, 0.15) is 12.8 Å². The maximum atomic E-state index is 13.2. The van der Waals surface area contributed by atoms with E-state index in [2.05, 4.69) is 10.3 Å². The van der Waals surface area contributed by atoms with Crippen molar-refractivity contribution in [2.75, 3.05) is 32.7 Å². The summed E-state index contributed by atoms with van der Waals surface area (Å²) in [6, 6.07) is 4.76. The number of amides is 1. The van der Waals surface area contributed by atoms with Gasteiger partial charge in [0.05, 0.1) is 22.6 Å². The number of aliphatic hydroxyl groups excluding tert-OH is 1. The molecule has 1 unspecified atom stereocenters. The second-order valence-corrected chi connectivity index (χ2v) is 9.88. The fraction of sp³-hybridized carbons (Fsp3) is 0.474. The second-order valence-electron chi connectivity index (χ2n) is 7.57. The highest BCUT2D eigenvalue weighted by molar-refractivity contribution is 7.89. The van der Waals surface area contributed by atoms with Crippen molar-refractivity contribution in [2.45, 2.75) is 29.9 Å². The summed E-state index contributed by atoms with van der Waals surface area (Å²) < 4.78 is 27.9. The van der Waals surface area contributed by atoms with E-state index in [0.717, 1.165) is 0 Å². The Hall–Kier alpha value is -1.78. The molecule has 4 rings (SSSR count). The van der Waals surface area contributed by atoms with E-state index in [9.17, 15) is 18.3 Å². The van der Waals surface area contributed by atoms with E-state index in [-0.39, 0.29) is 36.0 Å². The van der Waals surface area contributed by atoms with E-state index in [0.29, 0.717) is 48.3 Å². The number of nitrogens with zero attached hydrogens (tertiary/aromatic N) is 3. The Morgan fingerprint density at radius 2 is 2.07 bits per heavy atom. The molecule has 10 heteroatoms. The van der Waals surface area contributed by atoms with E-state index in [1.54, 1.807) is 24.4 Å². The lowest BCUT2D eigenvalue weighted by Gasteiger charge is -2.20. The molecule has 1 aromatic heterocycles. The zero-order valence-electron chi connectivity index (χ0n) is 15.8. The molecule has 0 saturated carbocycles. The van der Waals surface area contributed by atoms with Crippen LogP contribution in [0.25, 0.3) is 10.8 Å². The number of pyridine rings is 1. The maximum Gasteiger partial charge on any atom is 0.243 e. The molecule has 2 N–H and O–H groups in total. The minimum atomic E-state index is -3.76. The lowest BCUT2D eigenvalue weighted by atomic mass is 10.2. The highest BCUT2D eigenvalue weighted by atomic mass is 35.5. The Bertz CT molecular complexity index is 1030. The van der Waals surface area contributed by atoms with E-state index >= 15 is 0 Å². The molecule has 2 aliphatic heterocycles. The first kappa shape index (κ1) is 20.5. The van der Waals surface area contributed by atoms with Crippen molar-refractivity contribution >= 4 is 38.3 Å². The number of aliphatic hydroxyl groups is 1. The van der Waals surface area contributed by atoms with E-state index in [1.165, 1.54) is 10.5 Å². The first-order valence-electron chi connectivity index (χ1n) is 9.57. The minimum Gasteiger partial charge on any atom is -0.392 e. The molecule has 1 aromatic carbocycles. The van der Waals surface area contributed by atoms with Crippen molar-refractivity contribution in [2.24, 2.45) is 0 Å². The number of carbonyl (C=O) groups excluding carboxylic acids is 1. The van der Waals surface area contributed by atoms with Gasteiger partial charge < -0.3 is 10.4 Å². The molecule has 2 aromatic rings. The van der Waals surface area contributed by atoms with Gasteiger partial charge in [-0.15, -0.1) is 0 Å². The van der Waals surface area contributed by atoms with Gasteiger partial charge >= 0.3 is 0 Å². The van der Waals surface area contributed by atoms with Gasteiger partial charge in [0.15, 0.2) is 0 Å². The molecule has 2 saturated heterocycles. The molecule has 3 heterocycles. The van der Waals surface area contributed by atoms with Gasteiger partial charge in [0.25, 0.3) is 0 Å². The number of carbonyl (C=O) groups is 1. The largest absolute Gasteiger partial charge is 0.392 e. The summed E-state index contributed by atoms with van der Waals surface area (Å²) >= 11 is 6.24. The van der Waals surface area contributed by atoms with Gasteiger partial charge in [-0.25, -0.2) is 8.42 Å². The number of halogens is 1. The molecule has 0 spiro atoms. The predicted octanol–water partition coefficient (Wildman–Crippen LogP) is 0.834. The molecule has 2 atom stereocenters. The number of nitrogens with one attached hydrogen (secondary N) is 1. The number of sulfonamides is 1. The lowest BCUT2D eigenvalue weighted by molar-refractivity contribution is -0.122. The highest BCUT2D eigenvalue weighted by Gasteiger charge is 2.35. The van der Waals surface area contributed by atoms with Crippen LogP contribution in [0.3, 0.4) is 0 Å². The fourth-order valence-corrected chi connectivity index (χ4v) is 6.07. The Labute approximate surface area is 174 Å². The van der Waals surface area contributed by atoms with Crippen LogP contribution in [-0.2, 0) is 14.8 Å². The van der Waals surface area contributed by atoms with Crippen LogP contribution in [0.5, 0.6) is 0 Å². The first-order valence-corrected chi connectivity index (χ1v) is 11.4. The molecule has 156 valence electrons. The molecular weight excluding hydrogens is 416 g/mol. The lowest BCUT2D eigenvalue weighted by Crippen LogP contribution is -2.43. The minimum absolute atomic E-state index is 0.150. The van der Waals surface area contributed by atoms with Gasteiger partial charge in [0, 0.05) is 55.4 Å². The van der Waals surface area contributed by atoms with Gasteiger partial charge in [-0.05, 0) is 18.9 Å². The number of hydrogen-bond acceptors (Lipinski definition) is 6. The third kappa shape index (κ3) is 4.24. The van der Waals surface area contributed by atoms with Crippen LogP contribution in [0.15, 0.2) is 35.5 Å². The maximum absolute atomic E-state index is 13.2. The molecule has 1 amide bonds. The van der Waals surface area contributed by atoms with E-state index in [4.69, 9.17) is 11.6 Å². The monoisotopic (exact) mass is 438 g/mol. The number of fused-ring (bicyclic) bond motifs is 1. The number of hydrogen-bond donors (Lipinski definition) is 2. The molecule has 2 fully saturated rings. The summed E-state index contributed by atoms with van der Waals surface area (Å²) in [6.07, 6.45) is 3.87. The highest BCUT2D eigenvalue weighted by Crippen LogP contribution is 2.32. The predicted molar refractivity (Wildman–Crippen MR) is 109 cm³/mol. The molecule has 0 radical (unpaired) electrons. The van der Waals surface area contributed by atoms with Crippen LogP contribution in [-0.4, -0.2) is 78.5 Å². The molecular formula is C19H23ClN4O4S.